The predicted molar refractivity (Wildman–Crippen MR) is 65.1 cm³/mol. The molecule has 1 aliphatic rings. The van der Waals surface area contributed by atoms with Crippen LogP contribution in [0.3, 0.4) is 0 Å². The van der Waals surface area contributed by atoms with E-state index in [-0.39, 0.29) is 6.42 Å². The van der Waals surface area contributed by atoms with Gasteiger partial charge in [0.2, 0.25) is 0 Å². The number of benzene rings is 1. The third-order valence-corrected chi connectivity index (χ3v) is 3.38. The van der Waals surface area contributed by atoms with E-state index in [0.717, 1.165) is 12.1 Å². The van der Waals surface area contributed by atoms with Crippen molar-refractivity contribution in [3.63, 3.8) is 0 Å². The van der Waals surface area contributed by atoms with Crippen molar-refractivity contribution in [2.45, 2.75) is 18.5 Å². The summed E-state index contributed by atoms with van der Waals surface area (Å²) in [4.78, 5) is 18.2. The zero-order valence-electron chi connectivity index (χ0n) is 10.2. The average Bonchev–Trinajstić information content (AvgIpc) is 2.89. The molecule has 0 fully saturated rings. The maximum Gasteiger partial charge on any atom is 0.321 e. The number of nitrogens with zero attached hydrogens (tertiary/aromatic N) is 1. The number of halogens is 2. The predicted octanol–water partition coefficient (Wildman–Crippen LogP) is 1.38. The molecule has 1 aromatic carbocycles. The highest BCUT2D eigenvalue weighted by Gasteiger charge is 2.33. The molecule has 2 aromatic rings. The second-order valence-electron chi connectivity index (χ2n) is 4.63. The average molecular weight is 279 g/mol. The van der Waals surface area contributed by atoms with E-state index < -0.39 is 29.7 Å². The van der Waals surface area contributed by atoms with Gasteiger partial charge in [-0.05, 0) is 17.7 Å². The number of rotatable bonds is 2. The lowest BCUT2D eigenvalue weighted by molar-refractivity contribution is -0.139. The molecular formula is C13H11F2N3O2. The Bertz CT molecular complexity index is 671. The molecule has 2 unspecified atom stereocenters. The molecule has 3 N–H and O–H groups in total. The van der Waals surface area contributed by atoms with Gasteiger partial charge in [0.1, 0.15) is 6.04 Å². The van der Waals surface area contributed by atoms with Gasteiger partial charge in [-0.25, -0.2) is 13.8 Å². The molecule has 0 aliphatic carbocycles. The van der Waals surface area contributed by atoms with Crippen LogP contribution in [0.5, 0.6) is 0 Å². The highest BCUT2D eigenvalue weighted by molar-refractivity contribution is 5.74. The lowest BCUT2D eigenvalue weighted by atomic mass is 9.94. The molecule has 2 heterocycles. The highest BCUT2D eigenvalue weighted by atomic mass is 19.2. The molecule has 2 atom stereocenters. The monoisotopic (exact) mass is 279 g/mol. The third kappa shape index (κ3) is 2.05. The van der Waals surface area contributed by atoms with Gasteiger partial charge in [-0.15, -0.1) is 0 Å². The number of hydrogen-bond donors (Lipinski definition) is 3. The Labute approximate surface area is 112 Å². The lowest BCUT2D eigenvalue weighted by Crippen LogP contribution is -2.45. The van der Waals surface area contributed by atoms with Crippen molar-refractivity contribution in [2.75, 3.05) is 0 Å². The van der Waals surface area contributed by atoms with E-state index in [1.807, 2.05) is 0 Å². The van der Waals surface area contributed by atoms with Gasteiger partial charge in [-0.1, -0.05) is 6.07 Å². The molecule has 20 heavy (non-hydrogen) atoms. The second kappa shape index (κ2) is 4.68. The number of carbonyl (C=O) groups is 1. The van der Waals surface area contributed by atoms with Crippen molar-refractivity contribution < 1.29 is 18.7 Å². The fourth-order valence-corrected chi connectivity index (χ4v) is 2.39. The van der Waals surface area contributed by atoms with E-state index in [2.05, 4.69) is 15.3 Å². The summed E-state index contributed by atoms with van der Waals surface area (Å²) in [5.41, 5.74) is 1.72. The van der Waals surface area contributed by atoms with E-state index in [1.165, 1.54) is 12.4 Å². The number of nitrogens with one attached hydrogen (secondary N) is 2. The van der Waals surface area contributed by atoms with Gasteiger partial charge in [0.15, 0.2) is 11.6 Å². The van der Waals surface area contributed by atoms with Gasteiger partial charge in [-0.2, -0.15) is 0 Å². The largest absolute Gasteiger partial charge is 0.480 e. The molecule has 5 nitrogen and oxygen atoms in total. The summed E-state index contributed by atoms with van der Waals surface area (Å²) in [6, 6.07) is 2.10. The van der Waals surface area contributed by atoms with Crippen molar-refractivity contribution in [1.29, 1.82) is 0 Å². The number of fused-ring (bicyclic) bond motifs is 1. The molecule has 1 aliphatic heterocycles. The van der Waals surface area contributed by atoms with Crippen LogP contribution in [0, 0.1) is 11.6 Å². The van der Waals surface area contributed by atoms with E-state index >= 15 is 0 Å². The smallest absolute Gasteiger partial charge is 0.321 e. The molecule has 0 saturated heterocycles. The number of hydrogen-bond acceptors (Lipinski definition) is 3. The van der Waals surface area contributed by atoms with Crippen LogP contribution >= 0.6 is 0 Å². The first-order valence-corrected chi connectivity index (χ1v) is 6.02. The standard InChI is InChI=1S/C13H11F2N3O2/c14-7-2-1-6(3-8(7)15)11-12-9(16-5-17-12)4-10(18-11)13(19)20/h1-3,5,10-11,18H,4H2,(H,16,17)(H,19,20). The van der Waals surface area contributed by atoms with Crippen molar-refractivity contribution in [3.05, 3.63) is 53.1 Å². The zero-order chi connectivity index (χ0) is 14.3. The number of aromatic amines is 1. The highest BCUT2D eigenvalue weighted by Crippen LogP contribution is 2.29. The first-order chi connectivity index (χ1) is 9.56. The number of aromatic nitrogens is 2. The van der Waals surface area contributed by atoms with Gasteiger partial charge >= 0.3 is 5.97 Å². The Kier molecular flexibility index (Phi) is 2.98. The Hall–Kier alpha value is -2.28. The SMILES string of the molecule is O=C(O)C1Cc2[nH]cnc2C(c2ccc(F)c(F)c2)N1. The molecule has 0 bridgehead atoms. The number of carboxylic acids is 1. The molecule has 0 spiro atoms. The zero-order valence-corrected chi connectivity index (χ0v) is 10.2. The number of H-pyrrole nitrogens is 1. The fourth-order valence-electron chi connectivity index (χ4n) is 2.39. The van der Waals surface area contributed by atoms with Crippen LogP contribution in [0.15, 0.2) is 24.5 Å². The maximum absolute atomic E-state index is 13.3. The van der Waals surface area contributed by atoms with Crippen molar-refractivity contribution in [3.8, 4) is 0 Å². The van der Waals surface area contributed by atoms with Gasteiger partial charge in [-0.3, -0.25) is 10.1 Å². The molecular weight excluding hydrogens is 268 g/mol. The quantitative estimate of drug-likeness (QED) is 0.776. The summed E-state index contributed by atoms with van der Waals surface area (Å²) < 4.78 is 26.3. The van der Waals surface area contributed by atoms with Gasteiger partial charge in [0.05, 0.1) is 18.1 Å². The molecule has 1 aromatic heterocycles. The summed E-state index contributed by atoms with van der Waals surface area (Å²) in [5, 5.41) is 12.0. The summed E-state index contributed by atoms with van der Waals surface area (Å²) in [6.07, 6.45) is 1.73. The molecule has 0 amide bonds. The number of imidazole rings is 1. The van der Waals surface area contributed by atoms with Gasteiger partial charge in [0.25, 0.3) is 0 Å². The Balaban J connectivity index is 2.03. The van der Waals surface area contributed by atoms with Crippen molar-refractivity contribution in [2.24, 2.45) is 0 Å². The van der Waals surface area contributed by atoms with Crippen LogP contribution < -0.4 is 5.32 Å². The summed E-state index contributed by atoms with van der Waals surface area (Å²) in [5.74, 6) is -2.92. The molecule has 0 radical (unpaired) electrons. The molecule has 104 valence electrons. The van der Waals surface area contributed by atoms with E-state index in [0.29, 0.717) is 17.0 Å². The van der Waals surface area contributed by atoms with Crippen LogP contribution in [0.4, 0.5) is 8.78 Å². The van der Waals surface area contributed by atoms with E-state index in [9.17, 15) is 13.6 Å². The third-order valence-electron chi connectivity index (χ3n) is 3.38. The summed E-state index contributed by atoms with van der Waals surface area (Å²) >= 11 is 0. The first-order valence-electron chi connectivity index (χ1n) is 6.02. The summed E-state index contributed by atoms with van der Waals surface area (Å²) in [6.45, 7) is 0. The molecule has 0 saturated carbocycles. The van der Waals surface area contributed by atoms with Gasteiger partial charge < -0.3 is 10.1 Å². The minimum Gasteiger partial charge on any atom is -0.480 e. The minimum atomic E-state index is -1.00. The fraction of sp³-hybridized carbons (Fsp3) is 0.231. The Morgan fingerprint density at radius 2 is 2.15 bits per heavy atom. The van der Waals surface area contributed by atoms with E-state index in [1.54, 1.807) is 0 Å². The Morgan fingerprint density at radius 1 is 1.35 bits per heavy atom. The van der Waals surface area contributed by atoms with Crippen LogP contribution in [0.2, 0.25) is 0 Å². The Morgan fingerprint density at radius 3 is 2.85 bits per heavy atom. The maximum atomic E-state index is 13.3. The lowest BCUT2D eigenvalue weighted by Gasteiger charge is -2.28. The second-order valence-corrected chi connectivity index (χ2v) is 4.63. The van der Waals surface area contributed by atoms with Crippen LogP contribution in [0.1, 0.15) is 23.0 Å². The normalized spacial score (nSPS) is 21.5. The molecule has 7 heteroatoms. The minimum absolute atomic E-state index is 0.269. The molecule has 3 rings (SSSR count). The van der Waals surface area contributed by atoms with Gasteiger partial charge in [0, 0.05) is 12.1 Å². The van der Waals surface area contributed by atoms with Crippen molar-refractivity contribution in [1.82, 2.24) is 15.3 Å². The summed E-state index contributed by atoms with van der Waals surface area (Å²) in [7, 11) is 0. The van der Waals surface area contributed by atoms with Crippen LogP contribution in [-0.4, -0.2) is 27.1 Å². The van der Waals surface area contributed by atoms with Crippen LogP contribution in [0.25, 0.3) is 0 Å². The number of aliphatic carboxylic acids is 1. The number of carboxylic acid groups (broad SMARTS) is 1. The first kappa shape index (κ1) is 12.7. The van der Waals surface area contributed by atoms with Crippen molar-refractivity contribution >= 4 is 5.97 Å². The topological polar surface area (TPSA) is 78.0 Å². The van der Waals surface area contributed by atoms with Crippen LogP contribution in [-0.2, 0) is 11.2 Å². The van der Waals surface area contributed by atoms with E-state index in [4.69, 9.17) is 5.11 Å².